The summed E-state index contributed by atoms with van der Waals surface area (Å²) >= 11 is 6.16. The molecule has 4 heteroatoms. The maximum absolute atomic E-state index is 11.4. The number of hydrogen-bond acceptors (Lipinski definition) is 2. The molecule has 0 radical (unpaired) electrons. The van der Waals surface area contributed by atoms with Crippen LogP contribution >= 0.6 is 11.6 Å². The third-order valence-corrected chi connectivity index (χ3v) is 4.17. The number of carboxylic acids is 1. The molecule has 2 bridgehead atoms. The standard InChI is InChI=1S/C13H13ClO3/c14-8-4-2-1-3-7(8)11-9-5-6-10(17-9)12(11)13(15)16/h1-4,9-12H,5-6H2,(H,15,16). The molecule has 2 saturated heterocycles. The van der Waals surface area contributed by atoms with Crippen molar-refractivity contribution in [3.05, 3.63) is 34.9 Å². The Kier molecular flexibility index (Phi) is 2.60. The summed E-state index contributed by atoms with van der Waals surface area (Å²) in [6.07, 6.45) is 1.66. The fourth-order valence-electron chi connectivity index (χ4n) is 3.13. The molecule has 90 valence electrons. The van der Waals surface area contributed by atoms with Crippen LogP contribution in [0.25, 0.3) is 0 Å². The van der Waals surface area contributed by atoms with Crippen LogP contribution in [0.4, 0.5) is 0 Å². The summed E-state index contributed by atoms with van der Waals surface area (Å²) in [7, 11) is 0. The smallest absolute Gasteiger partial charge is 0.309 e. The molecule has 0 saturated carbocycles. The van der Waals surface area contributed by atoms with Gasteiger partial charge in [-0.1, -0.05) is 29.8 Å². The van der Waals surface area contributed by atoms with Crippen molar-refractivity contribution in [2.45, 2.75) is 31.0 Å². The second-order valence-electron chi connectivity index (χ2n) is 4.70. The molecule has 2 aliphatic rings. The highest BCUT2D eigenvalue weighted by atomic mass is 35.5. The number of rotatable bonds is 2. The summed E-state index contributed by atoms with van der Waals surface area (Å²) in [5, 5.41) is 9.97. The van der Waals surface area contributed by atoms with Gasteiger partial charge in [0, 0.05) is 10.9 Å². The second kappa shape index (κ2) is 4.00. The van der Waals surface area contributed by atoms with Gasteiger partial charge in [-0.3, -0.25) is 4.79 Å². The van der Waals surface area contributed by atoms with E-state index in [-0.39, 0.29) is 18.1 Å². The normalized spacial score (nSPS) is 35.1. The van der Waals surface area contributed by atoms with Gasteiger partial charge < -0.3 is 9.84 Å². The first-order valence-electron chi connectivity index (χ1n) is 5.81. The lowest BCUT2D eigenvalue weighted by Crippen LogP contribution is -2.32. The van der Waals surface area contributed by atoms with Crippen molar-refractivity contribution >= 4 is 17.6 Å². The lowest BCUT2D eigenvalue weighted by atomic mass is 9.75. The largest absolute Gasteiger partial charge is 0.481 e. The molecule has 0 spiro atoms. The van der Waals surface area contributed by atoms with Crippen LogP contribution in [-0.4, -0.2) is 23.3 Å². The van der Waals surface area contributed by atoms with Gasteiger partial charge in [0.05, 0.1) is 18.1 Å². The van der Waals surface area contributed by atoms with E-state index in [0.717, 1.165) is 18.4 Å². The van der Waals surface area contributed by atoms with Gasteiger partial charge in [-0.05, 0) is 24.5 Å². The van der Waals surface area contributed by atoms with Gasteiger partial charge in [-0.2, -0.15) is 0 Å². The van der Waals surface area contributed by atoms with Gasteiger partial charge in [0.1, 0.15) is 0 Å². The molecule has 4 unspecified atom stereocenters. The minimum Gasteiger partial charge on any atom is -0.481 e. The Bertz CT molecular complexity index is 460. The van der Waals surface area contributed by atoms with Crippen molar-refractivity contribution in [2.24, 2.45) is 5.92 Å². The Morgan fingerprint density at radius 2 is 2.00 bits per heavy atom. The topological polar surface area (TPSA) is 46.5 Å². The van der Waals surface area contributed by atoms with Gasteiger partial charge in [-0.15, -0.1) is 0 Å². The molecule has 1 N–H and O–H groups in total. The van der Waals surface area contributed by atoms with Crippen LogP contribution in [0, 0.1) is 5.92 Å². The fraction of sp³-hybridized carbons (Fsp3) is 0.462. The Morgan fingerprint density at radius 1 is 1.29 bits per heavy atom. The number of carboxylic acid groups (broad SMARTS) is 1. The Morgan fingerprint density at radius 3 is 2.71 bits per heavy atom. The number of halogens is 1. The Hall–Kier alpha value is -1.06. The fourth-order valence-corrected chi connectivity index (χ4v) is 3.39. The van der Waals surface area contributed by atoms with Crippen molar-refractivity contribution in [1.82, 2.24) is 0 Å². The third kappa shape index (κ3) is 1.65. The molecule has 0 aromatic heterocycles. The molecule has 2 aliphatic heterocycles. The van der Waals surface area contributed by atoms with E-state index < -0.39 is 11.9 Å². The Labute approximate surface area is 104 Å². The van der Waals surface area contributed by atoms with E-state index in [1.165, 1.54) is 0 Å². The zero-order chi connectivity index (χ0) is 12.0. The zero-order valence-electron chi connectivity index (χ0n) is 9.17. The van der Waals surface area contributed by atoms with E-state index in [4.69, 9.17) is 16.3 Å². The molecular formula is C13H13ClO3. The van der Waals surface area contributed by atoms with Crippen LogP contribution in [0.15, 0.2) is 24.3 Å². The number of aliphatic carboxylic acids is 1. The van der Waals surface area contributed by atoms with Crippen molar-refractivity contribution in [3.63, 3.8) is 0 Å². The Balaban J connectivity index is 2.02. The lowest BCUT2D eigenvalue weighted by molar-refractivity contribution is -0.143. The van der Waals surface area contributed by atoms with Gasteiger partial charge in [0.2, 0.25) is 0 Å². The summed E-state index contributed by atoms with van der Waals surface area (Å²) in [6, 6.07) is 7.47. The van der Waals surface area contributed by atoms with E-state index in [9.17, 15) is 9.90 Å². The maximum atomic E-state index is 11.4. The first-order valence-corrected chi connectivity index (χ1v) is 6.19. The number of benzene rings is 1. The average Bonchev–Trinajstić information content (AvgIpc) is 2.89. The molecule has 3 nitrogen and oxygen atoms in total. The average molecular weight is 253 g/mol. The van der Waals surface area contributed by atoms with Crippen LogP contribution in [-0.2, 0) is 9.53 Å². The minimum atomic E-state index is -0.776. The number of ether oxygens (including phenoxy) is 1. The molecule has 0 amide bonds. The van der Waals surface area contributed by atoms with Gasteiger partial charge in [0.25, 0.3) is 0 Å². The minimum absolute atomic E-state index is 0.0148. The molecule has 2 heterocycles. The zero-order valence-corrected chi connectivity index (χ0v) is 9.93. The summed E-state index contributed by atoms with van der Waals surface area (Å²) in [4.78, 5) is 11.4. The lowest BCUT2D eigenvalue weighted by Gasteiger charge is -2.25. The molecule has 3 rings (SSSR count). The molecule has 4 atom stereocenters. The first kappa shape index (κ1) is 11.1. The molecule has 1 aromatic rings. The quantitative estimate of drug-likeness (QED) is 0.880. The summed E-state index contributed by atoms with van der Waals surface area (Å²) in [6.45, 7) is 0. The van der Waals surface area contributed by atoms with E-state index in [2.05, 4.69) is 0 Å². The molecular weight excluding hydrogens is 240 g/mol. The van der Waals surface area contributed by atoms with Crippen LogP contribution < -0.4 is 0 Å². The molecule has 17 heavy (non-hydrogen) atoms. The van der Waals surface area contributed by atoms with Crippen molar-refractivity contribution < 1.29 is 14.6 Å². The van der Waals surface area contributed by atoms with Crippen LogP contribution in [0.3, 0.4) is 0 Å². The van der Waals surface area contributed by atoms with Crippen LogP contribution in [0.1, 0.15) is 24.3 Å². The summed E-state index contributed by atoms with van der Waals surface area (Å²) < 4.78 is 5.73. The maximum Gasteiger partial charge on any atom is 0.309 e. The highest BCUT2D eigenvalue weighted by Crippen LogP contribution is 2.50. The van der Waals surface area contributed by atoms with Gasteiger partial charge in [0.15, 0.2) is 0 Å². The predicted octanol–water partition coefficient (Wildman–Crippen LogP) is 2.69. The molecule has 1 aromatic carbocycles. The van der Waals surface area contributed by atoms with E-state index in [1.807, 2.05) is 24.3 Å². The molecule has 2 fully saturated rings. The van der Waals surface area contributed by atoms with Crippen LogP contribution in [0.5, 0.6) is 0 Å². The van der Waals surface area contributed by atoms with E-state index in [0.29, 0.717) is 5.02 Å². The predicted molar refractivity (Wildman–Crippen MR) is 63.2 cm³/mol. The number of hydrogen-bond donors (Lipinski definition) is 1. The van der Waals surface area contributed by atoms with Crippen molar-refractivity contribution in [2.75, 3.05) is 0 Å². The first-order chi connectivity index (χ1) is 8.18. The summed E-state index contributed by atoms with van der Waals surface area (Å²) in [5.41, 5.74) is 0.911. The number of fused-ring (bicyclic) bond motifs is 2. The second-order valence-corrected chi connectivity index (χ2v) is 5.11. The van der Waals surface area contributed by atoms with Gasteiger partial charge >= 0.3 is 5.97 Å². The van der Waals surface area contributed by atoms with Crippen molar-refractivity contribution in [1.29, 1.82) is 0 Å². The third-order valence-electron chi connectivity index (χ3n) is 3.82. The van der Waals surface area contributed by atoms with Gasteiger partial charge in [-0.25, -0.2) is 0 Å². The summed E-state index contributed by atoms with van der Waals surface area (Å²) in [5.74, 6) is -1.32. The van der Waals surface area contributed by atoms with Crippen LogP contribution in [0.2, 0.25) is 5.02 Å². The number of carbonyl (C=O) groups is 1. The van der Waals surface area contributed by atoms with Crippen molar-refractivity contribution in [3.8, 4) is 0 Å². The highest BCUT2D eigenvalue weighted by molar-refractivity contribution is 6.31. The molecule has 0 aliphatic carbocycles. The highest BCUT2D eigenvalue weighted by Gasteiger charge is 2.53. The SMILES string of the molecule is O=C(O)C1C2CCC(O2)C1c1ccccc1Cl. The monoisotopic (exact) mass is 252 g/mol. The van der Waals surface area contributed by atoms with E-state index >= 15 is 0 Å². The van der Waals surface area contributed by atoms with E-state index in [1.54, 1.807) is 0 Å².